The molecule has 3 fully saturated rings. The maximum atomic E-state index is 10.4. The highest BCUT2D eigenvalue weighted by Crippen LogP contribution is 2.49. The van der Waals surface area contributed by atoms with Crippen molar-refractivity contribution in [1.29, 1.82) is 0 Å². The smallest absolute Gasteiger partial charge is 0.177 e. The van der Waals surface area contributed by atoms with Crippen LogP contribution in [0.15, 0.2) is 0 Å². The first-order chi connectivity index (χ1) is 6.78. The first kappa shape index (κ1) is 9.49. The number of thioether (sulfide) groups is 1. The van der Waals surface area contributed by atoms with Gasteiger partial charge < -0.3 is 9.84 Å². The van der Waals surface area contributed by atoms with Crippen LogP contribution in [0.1, 0.15) is 44.9 Å². The van der Waals surface area contributed by atoms with Crippen molar-refractivity contribution in [1.82, 2.24) is 0 Å². The minimum Gasteiger partial charge on any atom is -0.365 e. The quantitative estimate of drug-likeness (QED) is 0.671. The zero-order valence-electron chi connectivity index (χ0n) is 8.45. The minimum atomic E-state index is -0.769. The fraction of sp³-hybridized carbons (Fsp3) is 1.00. The maximum Gasteiger partial charge on any atom is 0.177 e. The second-order valence-corrected chi connectivity index (χ2v) is 6.29. The second-order valence-electron chi connectivity index (χ2n) is 4.84. The second kappa shape index (κ2) is 3.39. The van der Waals surface area contributed by atoms with E-state index in [0.717, 1.165) is 25.7 Å². The predicted octanol–water partition coefficient (Wildman–Crippen LogP) is 2.30. The molecule has 80 valence electrons. The average Bonchev–Trinajstić information content (AvgIpc) is 2.59. The van der Waals surface area contributed by atoms with Gasteiger partial charge in [0.1, 0.15) is 0 Å². The van der Waals surface area contributed by atoms with E-state index in [1.807, 2.05) is 11.8 Å². The van der Waals surface area contributed by atoms with Crippen LogP contribution in [0.2, 0.25) is 0 Å². The Morgan fingerprint density at radius 2 is 2.07 bits per heavy atom. The molecule has 1 heterocycles. The molecule has 1 N–H and O–H groups in total. The molecule has 2 saturated carbocycles. The molecule has 2 aliphatic carbocycles. The van der Waals surface area contributed by atoms with Crippen LogP contribution in [0, 0.1) is 0 Å². The Balaban J connectivity index is 1.79. The standard InChI is InChI=1S/C11H18O2S/c12-11-7-2-1-6-10(11)14-9-5-3-4-8(9)13-11/h8-10,12H,1-7H2. The van der Waals surface area contributed by atoms with E-state index in [1.54, 1.807) is 0 Å². The van der Waals surface area contributed by atoms with Gasteiger partial charge >= 0.3 is 0 Å². The van der Waals surface area contributed by atoms with Crippen molar-refractivity contribution < 1.29 is 9.84 Å². The topological polar surface area (TPSA) is 29.5 Å². The fourth-order valence-electron chi connectivity index (χ4n) is 3.06. The lowest BCUT2D eigenvalue weighted by Gasteiger charge is -2.47. The Morgan fingerprint density at radius 1 is 1.14 bits per heavy atom. The summed E-state index contributed by atoms with van der Waals surface area (Å²) in [5.41, 5.74) is 0. The van der Waals surface area contributed by atoms with E-state index >= 15 is 0 Å². The normalized spacial score (nSPS) is 52.5. The van der Waals surface area contributed by atoms with E-state index in [0.29, 0.717) is 16.6 Å². The monoisotopic (exact) mass is 214 g/mol. The molecule has 1 saturated heterocycles. The molecule has 0 aromatic rings. The molecule has 3 heteroatoms. The van der Waals surface area contributed by atoms with Crippen molar-refractivity contribution in [3.8, 4) is 0 Å². The Morgan fingerprint density at radius 3 is 3.00 bits per heavy atom. The summed E-state index contributed by atoms with van der Waals surface area (Å²) in [5.74, 6) is -0.769. The number of ether oxygens (including phenoxy) is 1. The predicted molar refractivity (Wildman–Crippen MR) is 57.3 cm³/mol. The van der Waals surface area contributed by atoms with E-state index in [-0.39, 0.29) is 0 Å². The largest absolute Gasteiger partial charge is 0.365 e. The van der Waals surface area contributed by atoms with Gasteiger partial charge in [-0.05, 0) is 32.1 Å². The summed E-state index contributed by atoms with van der Waals surface area (Å²) in [6, 6.07) is 0. The van der Waals surface area contributed by atoms with Crippen LogP contribution in [-0.2, 0) is 4.74 Å². The molecule has 14 heavy (non-hydrogen) atoms. The molecule has 4 unspecified atom stereocenters. The molecular formula is C11H18O2S. The zero-order chi connectivity index (χ0) is 9.60. The van der Waals surface area contributed by atoms with E-state index in [4.69, 9.17) is 4.74 Å². The van der Waals surface area contributed by atoms with Gasteiger partial charge in [-0.15, -0.1) is 11.8 Å². The van der Waals surface area contributed by atoms with Crippen molar-refractivity contribution in [3.05, 3.63) is 0 Å². The Hall–Kier alpha value is 0.270. The molecule has 2 nitrogen and oxygen atoms in total. The summed E-state index contributed by atoms with van der Waals surface area (Å²) < 4.78 is 5.94. The van der Waals surface area contributed by atoms with Gasteiger partial charge in [0.25, 0.3) is 0 Å². The van der Waals surface area contributed by atoms with Gasteiger partial charge in [0.2, 0.25) is 0 Å². The summed E-state index contributed by atoms with van der Waals surface area (Å²) >= 11 is 2.01. The number of hydrogen-bond donors (Lipinski definition) is 1. The molecule has 3 aliphatic rings. The summed E-state index contributed by atoms with van der Waals surface area (Å²) in [7, 11) is 0. The first-order valence-electron chi connectivity index (χ1n) is 5.84. The summed E-state index contributed by atoms with van der Waals surface area (Å²) in [4.78, 5) is 0. The highest BCUT2D eigenvalue weighted by atomic mass is 32.2. The third kappa shape index (κ3) is 1.41. The Bertz CT molecular complexity index is 233. The average molecular weight is 214 g/mol. The van der Waals surface area contributed by atoms with Crippen LogP contribution in [0.5, 0.6) is 0 Å². The van der Waals surface area contributed by atoms with Gasteiger partial charge in [0.15, 0.2) is 5.79 Å². The van der Waals surface area contributed by atoms with Gasteiger partial charge in [-0.25, -0.2) is 0 Å². The summed E-state index contributed by atoms with van der Waals surface area (Å²) in [6.07, 6.45) is 8.48. The van der Waals surface area contributed by atoms with Gasteiger partial charge in [0, 0.05) is 11.7 Å². The number of hydrogen-bond acceptors (Lipinski definition) is 3. The number of aliphatic hydroxyl groups is 1. The zero-order valence-corrected chi connectivity index (χ0v) is 9.26. The van der Waals surface area contributed by atoms with Crippen LogP contribution in [0.4, 0.5) is 0 Å². The van der Waals surface area contributed by atoms with Crippen molar-refractivity contribution in [2.45, 2.75) is 67.3 Å². The number of rotatable bonds is 0. The molecule has 0 bridgehead atoms. The summed E-state index contributed by atoms with van der Waals surface area (Å²) in [6.45, 7) is 0. The fourth-order valence-corrected chi connectivity index (χ4v) is 4.84. The molecule has 0 spiro atoms. The lowest BCUT2D eigenvalue weighted by Crippen LogP contribution is -2.53. The lowest BCUT2D eigenvalue weighted by molar-refractivity contribution is -0.243. The van der Waals surface area contributed by atoms with Crippen LogP contribution in [0.25, 0.3) is 0 Å². The van der Waals surface area contributed by atoms with Crippen LogP contribution in [0.3, 0.4) is 0 Å². The maximum absolute atomic E-state index is 10.4. The number of fused-ring (bicyclic) bond motifs is 2. The highest BCUT2D eigenvalue weighted by molar-refractivity contribution is 8.00. The Kier molecular flexibility index (Phi) is 2.30. The molecule has 0 radical (unpaired) electrons. The molecule has 4 atom stereocenters. The molecule has 3 rings (SSSR count). The van der Waals surface area contributed by atoms with Gasteiger partial charge in [0.05, 0.1) is 11.4 Å². The van der Waals surface area contributed by atoms with E-state index in [1.165, 1.54) is 19.3 Å². The van der Waals surface area contributed by atoms with Crippen molar-refractivity contribution in [2.75, 3.05) is 0 Å². The minimum absolute atomic E-state index is 0.347. The van der Waals surface area contributed by atoms with E-state index < -0.39 is 5.79 Å². The van der Waals surface area contributed by atoms with Gasteiger partial charge in [-0.1, -0.05) is 6.42 Å². The molecule has 0 aromatic heterocycles. The van der Waals surface area contributed by atoms with Crippen molar-refractivity contribution in [3.63, 3.8) is 0 Å². The van der Waals surface area contributed by atoms with E-state index in [9.17, 15) is 5.11 Å². The van der Waals surface area contributed by atoms with Crippen LogP contribution >= 0.6 is 11.8 Å². The Labute approximate surface area is 89.4 Å². The van der Waals surface area contributed by atoms with E-state index in [2.05, 4.69) is 0 Å². The first-order valence-corrected chi connectivity index (χ1v) is 6.78. The van der Waals surface area contributed by atoms with Crippen LogP contribution in [-0.4, -0.2) is 27.5 Å². The molecule has 1 aliphatic heterocycles. The lowest BCUT2D eigenvalue weighted by atomic mass is 9.93. The van der Waals surface area contributed by atoms with Crippen molar-refractivity contribution >= 4 is 11.8 Å². The molecule has 0 aromatic carbocycles. The third-order valence-corrected chi connectivity index (χ3v) is 5.66. The van der Waals surface area contributed by atoms with Crippen molar-refractivity contribution in [2.24, 2.45) is 0 Å². The molecule has 0 amide bonds. The summed E-state index contributed by atoms with van der Waals surface area (Å²) in [5, 5.41) is 11.4. The SMILES string of the molecule is OC12CCCCC1SC1CCCC1O2. The molecular weight excluding hydrogens is 196 g/mol. The van der Waals surface area contributed by atoms with Crippen LogP contribution < -0.4 is 0 Å². The third-order valence-electron chi connectivity index (χ3n) is 3.84. The van der Waals surface area contributed by atoms with Gasteiger partial charge in [-0.3, -0.25) is 0 Å². The highest BCUT2D eigenvalue weighted by Gasteiger charge is 2.50. The van der Waals surface area contributed by atoms with Gasteiger partial charge in [-0.2, -0.15) is 0 Å².